The third-order valence-corrected chi connectivity index (χ3v) is 3.99. The van der Waals surface area contributed by atoms with Crippen LogP contribution >= 0.6 is 23.2 Å². The van der Waals surface area contributed by atoms with Gasteiger partial charge in [-0.2, -0.15) is 0 Å². The third-order valence-electron chi connectivity index (χ3n) is 3.07. The standard InChI is InChI=1S/C12H15Cl2NO2/c1-16-10-4-7(3-8-6-12(8,13)14)9(15)5-11(10)17-2/h4-5,8H,3,6,15H2,1-2H3. The molecule has 94 valence electrons. The fraction of sp³-hybridized carbons (Fsp3) is 0.500. The molecule has 0 amide bonds. The van der Waals surface area contributed by atoms with Crippen LogP contribution in [0.25, 0.3) is 0 Å². The lowest BCUT2D eigenvalue weighted by Crippen LogP contribution is -2.02. The van der Waals surface area contributed by atoms with E-state index in [-0.39, 0.29) is 5.92 Å². The molecule has 2 N–H and O–H groups in total. The van der Waals surface area contributed by atoms with Gasteiger partial charge in [-0.25, -0.2) is 0 Å². The molecule has 1 saturated carbocycles. The largest absolute Gasteiger partial charge is 0.493 e. The fourth-order valence-electron chi connectivity index (χ4n) is 1.87. The minimum absolute atomic E-state index is 0.270. The summed E-state index contributed by atoms with van der Waals surface area (Å²) in [6.45, 7) is 0. The number of nitrogens with two attached hydrogens (primary N) is 1. The smallest absolute Gasteiger partial charge is 0.162 e. The first-order chi connectivity index (χ1) is 7.97. The van der Waals surface area contributed by atoms with Gasteiger partial charge in [0.1, 0.15) is 4.33 Å². The van der Waals surface area contributed by atoms with Crippen LogP contribution in [-0.4, -0.2) is 18.6 Å². The Bertz CT molecular complexity index is 435. The molecule has 5 heteroatoms. The van der Waals surface area contributed by atoms with Crippen LogP contribution < -0.4 is 15.2 Å². The van der Waals surface area contributed by atoms with Crippen LogP contribution in [0, 0.1) is 5.92 Å². The maximum atomic E-state index is 6.01. The van der Waals surface area contributed by atoms with Crippen molar-refractivity contribution >= 4 is 28.9 Å². The Labute approximate surface area is 111 Å². The summed E-state index contributed by atoms with van der Waals surface area (Å²) >= 11 is 12.0. The summed E-state index contributed by atoms with van der Waals surface area (Å²) < 4.78 is 9.83. The van der Waals surface area contributed by atoms with Crippen molar-refractivity contribution in [2.75, 3.05) is 20.0 Å². The van der Waals surface area contributed by atoms with Gasteiger partial charge in [-0.15, -0.1) is 23.2 Å². The molecule has 1 aromatic carbocycles. The number of methoxy groups -OCH3 is 2. The second-order valence-corrected chi connectivity index (χ2v) is 5.81. The van der Waals surface area contributed by atoms with E-state index < -0.39 is 4.33 Å². The summed E-state index contributed by atoms with van der Waals surface area (Å²) in [5.74, 6) is 1.57. The van der Waals surface area contributed by atoms with Crippen molar-refractivity contribution < 1.29 is 9.47 Å². The van der Waals surface area contributed by atoms with Gasteiger partial charge in [0, 0.05) is 11.8 Å². The number of hydrogen-bond donors (Lipinski definition) is 1. The topological polar surface area (TPSA) is 44.5 Å². The molecule has 1 unspecified atom stereocenters. The Balaban J connectivity index is 2.22. The Morgan fingerprint density at radius 2 is 1.82 bits per heavy atom. The van der Waals surface area contributed by atoms with Gasteiger partial charge >= 0.3 is 0 Å². The van der Waals surface area contributed by atoms with E-state index >= 15 is 0 Å². The van der Waals surface area contributed by atoms with Crippen LogP contribution in [0.5, 0.6) is 11.5 Å². The zero-order valence-corrected chi connectivity index (χ0v) is 11.3. The first kappa shape index (κ1) is 12.7. The molecule has 0 radical (unpaired) electrons. The molecular weight excluding hydrogens is 261 g/mol. The SMILES string of the molecule is COc1cc(N)c(CC2CC2(Cl)Cl)cc1OC. The normalized spacial score (nSPS) is 21.1. The molecule has 1 aliphatic carbocycles. The zero-order valence-electron chi connectivity index (χ0n) is 9.80. The van der Waals surface area contributed by atoms with Gasteiger partial charge in [0.2, 0.25) is 0 Å². The minimum atomic E-state index is -0.584. The van der Waals surface area contributed by atoms with Gasteiger partial charge in [-0.3, -0.25) is 0 Å². The van der Waals surface area contributed by atoms with Crippen LogP contribution in [0.15, 0.2) is 12.1 Å². The summed E-state index contributed by atoms with van der Waals surface area (Å²) in [6, 6.07) is 3.65. The lowest BCUT2D eigenvalue weighted by atomic mass is 10.1. The summed E-state index contributed by atoms with van der Waals surface area (Å²) in [6.07, 6.45) is 1.57. The molecule has 0 aliphatic heterocycles. The third kappa shape index (κ3) is 2.55. The first-order valence-corrected chi connectivity index (χ1v) is 6.11. The lowest BCUT2D eigenvalue weighted by molar-refractivity contribution is 0.354. The van der Waals surface area contributed by atoms with E-state index in [9.17, 15) is 0 Å². The Morgan fingerprint density at radius 3 is 2.29 bits per heavy atom. The van der Waals surface area contributed by atoms with Crippen LogP contribution in [-0.2, 0) is 6.42 Å². The van der Waals surface area contributed by atoms with Gasteiger partial charge in [0.05, 0.1) is 14.2 Å². The van der Waals surface area contributed by atoms with Gasteiger partial charge in [-0.05, 0) is 30.4 Å². The van der Waals surface area contributed by atoms with Crippen molar-refractivity contribution in [2.24, 2.45) is 5.92 Å². The molecule has 0 saturated heterocycles. The minimum Gasteiger partial charge on any atom is -0.493 e. The van der Waals surface area contributed by atoms with Crippen molar-refractivity contribution in [1.82, 2.24) is 0 Å². The van der Waals surface area contributed by atoms with E-state index in [1.54, 1.807) is 20.3 Å². The predicted octanol–water partition coefficient (Wildman–Crippen LogP) is 3.02. The Morgan fingerprint density at radius 1 is 1.29 bits per heavy atom. The molecule has 0 spiro atoms. The maximum absolute atomic E-state index is 6.01. The lowest BCUT2D eigenvalue weighted by Gasteiger charge is -2.12. The molecule has 1 aromatic rings. The first-order valence-electron chi connectivity index (χ1n) is 5.36. The Hall–Kier alpha value is -0.800. The second kappa shape index (κ2) is 4.46. The quantitative estimate of drug-likeness (QED) is 0.679. The van der Waals surface area contributed by atoms with Crippen LogP contribution in [0.4, 0.5) is 5.69 Å². The average Bonchev–Trinajstić information content (AvgIpc) is 2.88. The van der Waals surface area contributed by atoms with E-state index in [0.717, 1.165) is 18.4 Å². The zero-order chi connectivity index (χ0) is 12.6. The highest BCUT2D eigenvalue weighted by Crippen LogP contribution is 2.55. The molecule has 1 atom stereocenters. The average molecular weight is 276 g/mol. The summed E-state index contributed by atoms with van der Waals surface area (Å²) in [4.78, 5) is 0. The molecule has 0 aromatic heterocycles. The highest BCUT2D eigenvalue weighted by molar-refractivity contribution is 6.50. The number of ether oxygens (including phenoxy) is 2. The number of anilines is 1. The van der Waals surface area contributed by atoms with Crippen molar-refractivity contribution in [3.8, 4) is 11.5 Å². The molecule has 2 rings (SSSR count). The van der Waals surface area contributed by atoms with E-state index in [2.05, 4.69) is 0 Å². The number of hydrogen-bond acceptors (Lipinski definition) is 3. The highest BCUT2D eigenvalue weighted by Gasteiger charge is 2.51. The number of halogens is 2. The van der Waals surface area contributed by atoms with Crippen molar-refractivity contribution in [3.63, 3.8) is 0 Å². The Kier molecular flexibility index (Phi) is 3.32. The molecular formula is C12H15Cl2NO2. The fourth-order valence-corrected chi connectivity index (χ4v) is 2.40. The number of rotatable bonds is 4. The molecule has 1 fully saturated rings. The summed E-state index contributed by atoms with van der Waals surface area (Å²) in [5.41, 5.74) is 7.64. The number of alkyl halides is 2. The molecule has 3 nitrogen and oxygen atoms in total. The van der Waals surface area contributed by atoms with E-state index in [0.29, 0.717) is 17.2 Å². The van der Waals surface area contributed by atoms with Crippen LogP contribution in [0.1, 0.15) is 12.0 Å². The molecule has 0 bridgehead atoms. The summed E-state index contributed by atoms with van der Waals surface area (Å²) in [5, 5.41) is 0. The predicted molar refractivity (Wildman–Crippen MR) is 70.2 cm³/mol. The van der Waals surface area contributed by atoms with E-state index in [4.69, 9.17) is 38.4 Å². The molecule has 0 heterocycles. The number of nitrogen functional groups attached to an aromatic ring is 1. The van der Waals surface area contributed by atoms with E-state index in [1.165, 1.54) is 0 Å². The maximum Gasteiger partial charge on any atom is 0.162 e. The van der Waals surface area contributed by atoms with Gasteiger partial charge in [0.25, 0.3) is 0 Å². The van der Waals surface area contributed by atoms with Gasteiger partial charge in [-0.1, -0.05) is 0 Å². The van der Waals surface area contributed by atoms with Gasteiger partial charge < -0.3 is 15.2 Å². The van der Waals surface area contributed by atoms with E-state index in [1.807, 2.05) is 6.07 Å². The summed E-state index contributed by atoms with van der Waals surface area (Å²) in [7, 11) is 3.18. The highest BCUT2D eigenvalue weighted by atomic mass is 35.5. The van der Waals surface area contributed by atoms with Crippen molar-refractivity contribution in [2.45, 2.75) is 17.2 Å². The molecule has 1 aliphatic rings. The monoisotopic (exact) mass is 275 g/mol. The molecule has 17 heavy (non-hydrogen) atoms. The van der Waals surface area contributed by atoms with Crippen molar-refractivity contribution in [3.05, 3.63) is 17.7 Å². The van der Waals surface area contributed by atoms with Crippen molar-refractivity contribution in [1.29, 1.82) is 0 Å². The number of benzene rings is 1. The van der Waals surface area contributed by atoms with Gasteiger partial charge in [0.15, 0.2) is 11.5 Å². The second-order valence-electron chi connectivity index (χ2n) is 4.27. The van der Waals surface area contributed by atoms with Crippen LogP contribution in [0.2, 0.25) is 0 Å². The van der Waals surface area contributed by atoms with Crippen LogP contribution in [0.3, 0.4) is 0 Å².